The monoisotopic (exact) mass is 174 g/mol. The summed E-state index contributed by atoms with van der Waals surface area (Å²) in [6.07, 6.45) is 3.32. The molecule has 0 bridgehead atoms. The first kappa shape index (κ1) is 7.31. The summed E-state index contributed by atoms with van der Waals surface area (Å²) < 4.78 is 0. The van der Waals surface area contributed by atoms with Crippen LogP contribution in [0, 0.1) is 0 Å². The van der Waals surface area contributed by atoms with Crippen molar-refractivity contribution in [2.75, 3.05) is 0 Å². The fourth-order valence-corrected chi connectivity index (χ4v) is 1.22. The molecular weight excluding hydrogens is 168 g/mol. The van der Waals surface area contributed by atoms with Crippen molar-refractivity contribution in [3.8, 4) is 0 Å². The van der Waals surface area contributed by atoms with Crippen molar-refractivity contribution in [3.63, 3.8) is 0 Å². The van der Waals surface area contributed by atoms with E-state index in [1.807, 2.05) is 18.2 Å². The van der Waals surface area contributed by atoms with Crippen molar-refractivity contribution in [3.05, 3.63) is 36.3 Å². The van der Waals surface area contributed by atoms with Crippen LogP contribution in [0.4, 0.5) is 0 Å². The van der Waals surface area contributed by atoms with Gasteiger partial charge < -0.3 is 0 Å². The van der Waals surface area contributed by atoms with Gasteiger partial charge in [-0.05, 0) is 17.7 Å². The highest BCUT2D eigenvalue weighted by Gasteiger charge is 1.93. The predicted molar refractivity (Wildman–Crippen MR) is 52.3 cm³/mol. The van der Waals surface area contributed by atoms with E-state index in [1.165, 1.54) is 0 Å². The van der Waals surface area contributed by atoms with E-state index in [0.29, 0.717) is 0 Å². The van der Waals surface area contributed by atoms with Gasteiger partial charge in [-0.1, -0.05) is 18.3 Å². The lowest BCUT2D eigenvalue weighted by Crippen LogP contribution is -1.83. The van der Waals surface area contributed by atoms with Crippen molar-refractivity contribution >= 4 is 28.5 Å². The first-order valence-electron chi connectivity index (χ1n) is 3.55. The van der Waals surface area contributed by atoms with Crippen LogP contribution < -0.4 is 0 Å². The van der Waals surface area contributed by atoms with Crippen LogP contribution in [0.2, 0.25) is 0 Å². The molecule has 0 aliphatic carbocycles. The van der Waals surface area contributed by atoms with Crippen molar-refractivity contribution in [1.29, 1.82) is 0 Å². The number of thiocarbonyl (C=S) groups is 1. The molecule has 0 spiro atoms. The standard InChI is InChI=1S/C9H6N2S/c12-5-7-1-2-9-8(3-7)4-10-6-11-9/h1-6H. The molecule has 1 aromatic carbocycles. The molecule has 58 valence electrons. The molecule has 12 heavy (non-hydrogen) atoms. The SMILES string of the molecule is S=Cc1ccc2ncncc2c1. The number of fused-ring (bicyclic) bond motifs is 1. The van der Waals surface area contributed by atoms with Crippen LogP contribution in [0.1, 0.15) is 5.56 Å². The predicted octanol–water partition coefficient (Wildman–Crippen LogP) is 1.98. The molecule has 0 fully saturated rings. The van der Waals surface area contributed by atoms with Gasteiger partial charge in [0, 0.05) is 17.0 Å². The number of hydrogen-bond acceptors (Lipinski definition) is 3. The lowest BCUT2D eigenvalue weighted by molar-refractivity contribution is 1.22. The normalized spacial score (nSPS) is 10.0. The van der Waals surface area contributed by atoms with E-state index in [0.717, 1.165) is 16.5 Å². The molecule has 0 aliphatic rings. The van der Waals surface area contributed by atoms with E-state index < -0.39 is 0 Å². The highest BCUT2D eigenvalue weighted by Crippen LogP contribution is 2.10. The number of nitrogens with zero attached hydrogens (tertiary/aromatic N) is 2. The second kappa shape index (κ2) is 2.95. The van der Waals surface area contributed by atoms with Crippen LogP contribution in [-0.4, -0.2) is 15.3 Å². The lowest BCUT2D eigenvalue weighted by atomic mass is 10.2. The van der Waals surface area contributed by atoms with E-state index in [4.69, 9.17) is 12.2 Å². The first-order chi connectivity index (χ1) is 5.90. The third-order valence-electron chi connectivity index (χ3n) is 1.66. The molecule has 0 saturated carbocycles. The molecule has 1 aromatic heterocycles. The minimum atomic E-state index is 0.950. The van der Waals surface area contributed by atoms with E-state index in [-0.39, 0.29) is 0 Å². The second-order valence-corrected chi connectivity index (χ2v) is 2.69. The maximum Gasteiger partial charge on any atom is 0.116 e. The van der Waals surface area contributed by atoms with Crippen LogP contribution in [0.25, 0.3) is 10.9 Å². The Labute approximate surface area is 75.3 Å². The highest BCUT2D eigenvalue weighted by molar-refractivity contribution is 7.79. The number of benzene rings is 1. The Morgan fingerprint density at radius 3 is 3.08 bits per heavy atom. The maximum absolute atomic E-state index is 4.82. The third-order valence-corrected chi connectivity index (χ3v) is 1.94. The quantitative estimate of drug-likeness (QED) is 0.618. The van der Waals surface area contributed by atoms with Crippen molar-refractivity contribution in [2.45, 2.75) is 0 Å². The molecule has 0 N–H and O–H groups in total. The molecule has 0 unspecified atom stereocenters. The van der Waals surface area contributed by atoms with Crippen molar-refractivity contribution in [1.82, 2.24) is 9.97 Å². The zero-order chi connectivity index (χ0) is 8.39. The number of rotatable bonds is 1. The third kappa shape index (κ3) is 1.19. The van der Waals surface area contributed by atoms with Crippen LogP contribution in [0.5, 0.6) is 0 Å². The molecule has 2 rings (SSSR count). The lowest BCUT2D eigenvalue weighted by Gasteiger charge is -1.95. The van der Waals surface area contributed by atoms with E-state index in [9.17, 15) is 0 Å². The van der Waals surface area contributed by atoms with Crippen molar-refractivity contribution < 1.29 is 0 Å². The summed E-state index contributed by atoms with van der Waals surface area (Å²) >= 11 is 4.82. The van der Waals surface area contributed by atoms with Gasteiger partial charge >= 0.3 is 0 Å². The molecule has 2 nitrogen and oxygen atoms in total. The molecule has 2 aromatic rings. The summed E-state index contributed by atoms with van der Waals surface area (Å²) in [4.78, 5) is 8.03. The summed E-state index contributed by atoms with van der Waals surface area (Å²) in [5.41, 5.74) is 1.97. The topological polar surface area (TPSA) is 25.8 Å². The van der Waals surface area contributed by atoms with Gasteiger partial charge in [0.25, 0.3) is 0 Å². The molecule has 0 saturated heterocycles. The Morgan fingerprint density at radius 1 is 1.33 bits per heavy atom. The van der Waals surface area contributed by atoms with Gasteiger partial charge in [0.15, 0.2) is 0 Å². The smallest absolute Gasteiger partial charge is 0.116 e. The largest absolute Gasteiger partial charge is 0.244 e. The minimum absolute atomic E-state index is 0.950. The van der Waals surface area contributed by atoms with Gasteiger partial charge in [-0.2, -0.15) is 0 Å². The summed E-state index contributed by atoms with van der Waals surface area (Å²) in [5, 5.41) is 2.67. The molecular formula is C9H6N2S. The summed E-state index contributed by atoms with van der Waals surface area (Å²) in [6.45, 7) is 0. The highest BCUT2D eigenvalue weighted by atomic mass is 32.1. The summed E-state index contributed by atoms with van der Waals surface area (Å²) in [5.74, 6) is 0. The van der Waals surface area contributed by atoms with E-state index in [1.54, 1.807) is 17.9 Å². The van der Waals surface area contributed by atoms with Gasteiger partial charge in [-0.15, -0.1) is 0 Å². The number of hydrogen-bond donors (Lipinski definition) is 0. The Kier molecular flexibility index (Phi) is 1.80. The molecule has 0 amide bonds. The average Bonchev–Trinajstić information content (AvgIpc) is 2.17. The Hall–Kier alpha value is -1.35. The van der Waals surface area contributed by atoms with Gasteiger partial charge in [-0.3, -0.25) is 0 Å². The zero-order valence-electron chi connectivity index (χ0n) is 6.27. The maximum atomic E-state index is 4.82. The Morgan fingerprint density at radius 2 is 2.25 bits per heavy atom. The molecule has 1 heterocycles. The van der Waals surface area contributed by atoms with E-state index in [2.05, 4.69) is 9.97 Å². The van der Waals surface area contributed by atoms with E-state index >= 15 is 0 Å². The van der Waals surface area contributed by atoms with Gasteiger partial charge in [0.05, 0.1) is 5.52 Å². The van der Waals surface area contributed by atoms with Crippen LogP contribution >= 0.6 is 12.2 Å². The molecule has 3 heteroatoms. The fourth-order valence-electron chi connectivity index (χ4n) is 1.08. The average molecular weight is 174 g/mol. The van der Waals surface area contributed by atoms with Gasteiger partial charge in [-0.25, -0.2) is 9.97 Å². The van der Waals surface area contributed by atoms with Gasteiger partial charge in [0.2, 0.25) is 0 Å². The minimum Gasteiger partial charge on any atom is -0.244 e. The summed E-state index contributed by atoms with van der Waals surface area (Å²) in [7, 11) is 0. The van der Waals surface area contributed by atoms with Gasteiger partial charge in [0.1, 0.15) is 6.33 Å². The molecule has 0 aliphatic heterocycles. The fraction of sp³-hybridized carbons (Fsp3) is 0. The van der Waals surface area contributed by atoms with Crippen LogP contribution in [0.3, 0.4) is 0 Å². The summed E-state index contributed by atoms with van der Waals surface area (Å²) in [6, 6.07) is 5.86. The van der Waals surface area contributed by atoms with Crippen molar-refractivity contribution in [2.24, 2.45) is 0 Å². The second-order valence-electron chi connectivity index (χ2n) is 2.46. The number of aromatic nitrogens is 2. The van der Waals surface area contributed by atoms with Crippen LogP contribution in [0.15, 0.2) is 30.7 Å². The zero-order valence-corrected chi connectivity index (χ0v) is 7.08. The molecule has 0 atom stereocenters. The molecule has 0 radical (unpaired) electrons. The Bertz CT molecular complexity index is 426. The van der Waals surface area contributed by atoms with Crippen LogP contribution in [-0.2, 0) is 0 Å². The Balaban J connectivity index is 2.75. The first-order valence-corrected chi connectivity index (χ1v) is 4.02.